The first-order valence-corrected chi connectivity index (χ1v) is 5.80. The normalized spacial score (nSPS) is 12.4. The van der Waals surface area contributed by atoms with E-state index in [9.17, 15) is 0 Å². The van der Waals surface area contributed by atoms with Crippen LogP contribution in [0.3, 0.4) is 0 Å². The van der Waals surface area contributed by atoms with E-state index in [0.29, 0.717) is 6.04 Å². The van der Waals surface area contributed by atoms with E-state index in [1.165, 1.54) is 0 Å². The first-order valence-electron chi connectivity index (χ1n) is 5.80. The molecule has 0 saturated heterocycles. The summed E-state index contributed by atoms with van der Waals surface area (Å²) in [7, 11) is 0. The van der Waals surface area contributed by atoms with E-state index in [1.54, 1.807) is 6.26 Å². The number of anilines is 2. The van der Waals surface area contributed by atoms with Crippen LogP contribution >= 0.6 is 0 Å². The van der Waals surface area contributed by atoms with Gasteiger partial charge in [0.25, 0.3) is 0 Å². The molecule has 17 heavy (non-hydrogen) atoms. The van der Waals surface area contributed by atoms with Crippen molar-refractivity contribution in [1.82, 2.24) is 0 Å². The lowest BCUT2D eigenvalue weighted by atomic mass is 10.1. The molecule has 1 atom stereocenters. The highest BCUT2D eigenvalue weighted by atomic mass is 16.3. The summed E-state index contributed by atoms with van der Waals surface area (Å²) in [6.07, 6.45) is 2.56. The molecule has 90 valence electrons. The van der Waals surface area contributed by atoms with Crippen molar-refractivity contribution in [2.24, 2.45) is 0 Å². The van der Waals surface area contributed by atoms with Gasteiger partial charge in [-0.25, -0.2) is 0 Å². The third-order valence-corrected chi connectivity index (χ3v) is 2.78. The van der Waals surface area contributed by atoms with Crippen LogP contribution in [0, 0.1) is 6.92 Å². The maximum atomic E-state index is 5.87. The molecule has 1 heterocycles. The van der Waals surface area contributed by atoms with Crippen molar-refractivity contribution in [1.29, 1.82) is 0 Å². The number of nitrogens with one attached hydrogen (secondary N) is 1. The molecule has 0 amide bonds. The topological polar surface area (TPSA) is 51.2 Å². The number of furan rings is 1. The fourth-order valence-corrected chi connectivity index (χ4v) is 1.80. The minimum absolute atomic E-state index is 0.309. The fourth-order valence-electron chi connectivity index (χ4n) is 1.80. The maximum Gasteiger partial charge on any atom is 0.105 e. The smallest absolute Gasteiger partial charge is 0.105 e. The van der Waals surface area contributed by atoms with E-state index in [-0.39, 0.29) is 0 Å². The first-order chi connectivity index (χ1) is 8.15. The van der Waals surface area contributed by atoms with Gasteiger partial charge in [0.2, 0.25) is 0 Å². The van der Waals surface area contributed by atoms with Gasteiger partial charge < -0.3 is 15.5 Å². The molecule has 0 bridgehead atoms. The highest BCUT2D eigenvalue weighted by molar-refractivity contribution is 5.58. The monoisotopic (exact) mass is 230 g/mol. The Morgan fingerprint density at radius 2 is 2.18 bits per heavy atom. The molecule has 3 heteroatoms. The third kappa shape index (κ3) is 3.03. The Balaban J connectivity index is 1.98. The lowest BCUT2D eigenvalue weighted by Gasteiger charge is -2.15. The summed E-state index contributed by atoms with van der Waals surface area (Å²) < 4.78 is 5.32. The van der Waals surface area contributed by atoms with Crippen molar-refractivity contribution in [2.45, 2.75) is 26.3 Å². The van der Waals surface area contributed by atoms with Crippen LogP contribution in [0.25, 0.3) is 0 Å². The van der Waals surface area contributed by atoms with Gasteiger partial charge in [-0.1, -0.05) is 6.07 Å². The Bertz CT molecular complexity index is 477. The number of benzene rings is 1. The Kier molecular flexibility index (Phi) is 3.38. The van der Waals surface area contributed by atoms with Crippen molar-refractivity contribution < 1.29 is 4.42 Å². The molecule has 0 aliphatic carbocycles. The van der Waals surface area contributed by atoms with E-state index >= 15 is 0 Å². The Morgan fingerprint density at radius 1 is 1.35 bits per heavy atom. The first kappa shape index (κ1) is 11.6. The minimum atomic E-state index is 0.309. The number of nitrogens with two attached hydrogens (primary N) is 1. The largest absolute Gasteiger partial charge is 0.469 e. The molecule has 2 aromatic rings. The van der Waals surface area contributed by atoms with Crippen LogP contribution < -0.4 is 11.1 Å². The summed E-state index contributed by atoms with van der Waals surface area (Å²) in [6.45, 7) is 4.13. The predicted molar refractivity (Wildman–Crippen MR) is 71.1 cm³/mol. The maximum absolute atomic E-state index is 5.87. The van der Waals surface area contributed by atoms with E-state index in [0.717, 1.165) is 29.1 Å². The molecule has 0 fully saturated rings. The number of nitrogen functional groups attached to an aromatic ring is 1. The molecule has 0 aliphatic heterocycles. The van der Waals surface area contributed by atoms with Crippen LogP contribution in [-0.2, 0) is 6.42 Å². The van der Waals surface area contributed by atoms with E-state index in [2.05, 4.69) is 12.2 Å². The number of rotatable bonds is 4. The van der Waals surface area contributed by atoms with E-state index in [4.69, 9.17) is 10.2 Å². The summed E-state index contributed by atoms with van der Waals surface area (Å²) in [5.41, 5.74) is 8.85. The molecule has 3 N–H and O–H groups in total. The van der Waals surface area contributed by atoms with Gasteiger partial charge in [-0.05, 0) is 43.7 Å². The predicted octanol–water partition coefficient (Wildman–Crippen LogP) is 3.21. The van der Waals surface area contributed by atoms with Crippen LogP contribution in [0.5, 0.6) is 0 Å². The van der Waals surface area contributed by atoms with Crippen molar-refractivity contribution in [3.05, 3.63) is 47.9 Å². The molecular formula is C14H18N2O. The lowest BCUT2D eigenvalue weighted by Crippen LogP contribution is -2.17. The minimum Gasteiger partial charge on any atom is -0.469 e. The van der Waals surface area contributed by atoms with Crippen LogP contribution in [0.2, 0.25) is 0 Å². The van der Waals surface area contributed by atoms with E-state index in [1.807, 2.05) is 37.3 Å². The molecule has 2 rings (SSSR count). The molecule has 0 saturated carbocycles. The van der Waals surface area contributed by atoms with Crippen LogP contribution in [-0.4, -0.2) is 6.04 Å². The van der Waals surface area contributed by atoms with Crippen molar-refractivity contribution in [2.75, 3.05) is 11.1 Å². The SMILES string of the molecule is Cc1ccc(NC(C)Cc2ccco2)cc1N. The van der Waals surface area contributed by atoms with Gasteiger partial charge in [0.15, 0.2) is 0 Å². The van der Waals surface area contributed by atoms with Crippen molar-refractivity contribution in [3.63, 3.8) is 0 Å². The van der Waals surface area contributed by atoms with Crippen molar-refractivity contribution in [3.8, 4) is 0 Å². The molecule has 0 aliphatic rings. The Labute approximate surface area is 102 Å². The highest BCUT2D eigenvalue weighted by Crippen LogP contribution is 2.18. The average Bonchev–Trinajstić information content (AvgIpc) is 2.76. The molecular weight excluding hydrogens is 212 g/mol. The molecule has 0 radical (unpaired) electrons. The van der Waals surface area contributed by atoms with Gasteiger partial charge in [-0.3, -0.25) is 0 Å². The van der Waals surface area contributed by atoms with Gasteiger partial charge in [-0.15, -0.1) is 0 Å². The standard InChI is InChI=1S/C14H18N2O/c1-10-5-6-12(9-14(10)15)16-11(2)8-13-4-3-7-17-13/h3-7,9,11,16H,8,15H2,1-2H3. The average molecular weight is 230 g/mol. The number of aryl methyl sites for hydroxylation is 1. The van der Waals surface area contributed by atoms with Gasteiger partial charge >= 0.3 is 0 Å². The zero-order valence-corrected chi connectivity index (χ0v) is 10.2. The number of hydrogen-bond acceptors (Lipinski definition) is 3. The second-order valence-electron chi connectivity index (χ2n) is 4.40. The summed E-state index contributed by atoms with van der Waals surface area (Å²) in [4.78, 5) is 0. The van der Waals surface area contributed by atoms with Gasteiger partial charge in [0.05, 0.1) is 6.26 Å². The van der Waals surface area contributed by atoms with Crippen molar-refractivity contribution >= 4 is 11.4 Å². The fraction of sp³-hybridized carbons (Fsp3) is 0.286. The molecule has 0 spiro atoms. The Hall–Kier alpha value is -1.90. The van der Waals surface area contributed by atoms with Gasteiger partial charge in [-0.2, -0.15) is 0 Å². The summed E-state index contributed by atoms with van der Waals surface area (Å²) in [5, 5.41) is 3.41. The molecule has 1 unspecified atom stereocenters. The second-order valence-corrected chi connectivity index (χ2v) is 4.40. The quantitative estimate of drug-likeness (QED) is 0.793. The molecule has 1 aromatic heterocycles. The Morgan fingerprint density at radius 3 is 2.82 bits per heavy atom. The van der Waals surface area contributed by atoms with Crippen LogP contribution in [0.4, 0.5) is 11.4 Å². The molecule has 3 nitrogen and oxygen atoms in total. The lowest BCUT2D eigenvalue weighted by molar-refractivity contribution is 0.498. The summed E-state index contributed by atoms with van der Waals surface area (Å²) >= 11 is 0. The van der Waals surface area contributed by atoms with Crippen LogP contribution in [0.1, 0.15) is 18.2 Å². The van der Waals surface area contributed by atoms with Gasteiger partial charge in [0, 0.05) is 23.8 Å². The summed E-state index contributed by atoms with van der Waals surface area (Å²) in [6, 6.07) is 10.2. The summed E-state index contributed by atoms with van der Waals surface area (Å²) in [5.74, 6) is 0.991. The second kappa shape index (κ2) is 4.95. The van der Waals surface area contributed by atoms with Crippen LogP contribution in [0.15, 0.2) is 41.0 Å². The number of hydrogen-bond donors (Lipinski definition) is 2. The molecule has 1 aromatic carbocycles. The third-order valence-electron chi connectivity index (χ3n) is 2.78. The zero-order valence-electron chi connectivity index (χ0n) is 10.2. The highest BCUT2D eigenvalue weighted by Gasteiger charge is 2.06. The van der Waals surface area contributed by atoms with Gasteiger partial charge in [0.1, 0.15) is 5.76 Å². The van der Waals surface area contributed by atoms with E-state index < -0.39 is 0 Å². The zero-order chi connectivity index (χ0) is 12.3.